The highest BCUT2D eigenvalue weighted by Crippen LogP contribution is 2.25. The molecule has 3 nitrogen and oxygen atoms in total. The molecule has 0 spiro atoms. The maximum absolute atomic E-state index is 12.6. The SMILES string of the molecule is Cc1cc(N)nn1CC(F)(F)C(F)F. The number of rotatable bonds is 3. The fourth-order valence-electron chi connectivity index (χ4n) is 0.964. The lowest BCUT2D eigenvalue weighted by Gasteiger charge is -2.15. The highest BCUT2D eigenvalue weighted by atomic mass is 19.3. The monoisotopic (exact) mass is 211 g/mol. The van der Waals surface area contributed by atoms with Gasteiger partial charge in [0.1, 0.15) is 12.4 Å². The minimum Gasteiger partial charge on any atom is -0.382 e. The molecule has 2 N–H and O–H groups in total. The van der Waals surface area contributed by atoms with Crippen LogP contribution in [0.3, 0.4) is 0 Å². The first-order valence-corrected chi connectivity index (χ1v) is 3.79. The molecule has 7 heteroatoms. The molecule has 0 aromatic carbocycles. The van der Waals surface area contributed by atoms with E-state index in [1.54, 1.807) is 0 Å². The van der Waals surface area contributed by atoms with Crippen LogP contribution in [0.25, 0.3) is 0 Å². The molecule has 0 atom stereocenters. The molecular weight excluding hydrogens is 202 g/mol. The third kappa shape index (κ3) is 2.15. The van der Waals surface area contributed by atoms with Crippen molar-refractivity contribution in [2.75, 3.05) is 5.73 Å². The molecule has 80 valence electrons. The quantitative estimate of drug-likeness (QED) is 0.773. The molecule has 0 radical (unpaired) electrons. The number of hydrogen-bond acceptors (Lipinski definition) is 2. The van der Waals surface area contributed by atoms with Gasteiger partial charge in [0.25, 0.3) is 0 Å². The summed E-state index contributed by atoms with van der Waals surface area (Å²) in [6.45, 7) is 0.304. The highest BCUT2D eigenvalue weighted by Gasteiger charge is 2.41. The van der Waals surface area contributed by atoms with Crippen LogP contribution in [-0.2, 0) is 6.54 Å². The van der Waals surface area contributed by atoms with Gasteiger partial charge in [-0.1, -0.05) is 0 Å². The zero-order chi connectivity index (χ0) is 10.9. The van der Waals surface area contributed by atoms with Crippen LogP contribution >= 0.6 is 0 Å². The van der Waals surface area contributed by atoms with Crippen molar-refractivity contribution in [3.05, 3.63) is 11.8 Å². The standard InChI is InChI=1S/C7H9F4N3/c1-4-2-5(12)13-14(4)3-7(10,11)6(8)9/h2,6H,3H2,1H3,(H2,12,13). The van der Waals surface area contributed by atoms with Crippen molar-refractivity contribution >= 4 is 5.82 Å². The molecule has 0 aliphatic rings. The minimum atomic E-state index is -4.08. The maximum atomic E-state index is 12.6. The van der Waals surface area contributed by atoms with Crippen LogP contribution in [0, 0.1) is 6.92 Å². The van der Waals surface area contributed by atoms with Crippen molar-refractivity contribution in [3.8, 4) is 0 Å². The largest absolute Gasteiger partial charge is 0.382 e. The summed E-state index contributed by atoms with van der Waals surface area (Å²) in [5.41, 5.74) is 5.53. The van der Waals surface area contributed by atoms with Gasteiger partial charge in [-0.2, -0.15) is 13.9 Å². The zero-order valence-corrected chi connectivity index (χ0v) is 7.35. The summed E-state index contributed by atoms with van der Waals surface area (Å²) < 4.78 is 49.5. The van der Waals surface area contributed by atoms with Gasteiger partial charge in [-0.05, 0) is 6.92 Å². The lowest BCUT2D eigenvalue weighted by molar-refractivity contribution is -0.139. The first-order valence-electron chi connectivity index (χ1n) is 3.79. The van der Waals surface area contributed by atoms with Gasteiger partial charge < -0.3 is 5.73 Å². The Morgan fingerprint density at radius 1 is 1.57 bits per heavy atom. The summed E-state index contributed by atoms with van der Waals surface area (Å²) >= 11 is 0. The molecule has 1 rings (SSSR count). The summed E-state index contributed by atoms with van der Waals surface area (Å²) in [6.07, 6.45) is -3.70. The predicted molar refractivity (Wildman–Crippen MR) is 42.3 cm³/mol. The van der Waals surface area contributed by atoms with E-state index in [0.29, 0.717) is 5.69 Å². The van der Waals surface area contributed by atoms with E-state index in [1.807, 2.05) is 0 Å². The fourth-order valence-corrected chi connectivity index (χ4v) is 0.964. The molecule has 0 fully saturated rings. The molecule has 1 aromatic heterocycles. The minimum absolute atomic E-state index is 0.0348. The number of nitrogen functional groups attached to an aromatic ring is 1. The van der Waals surface area contributed by atoms with Gasteiger partial charge in [0, 0.05) is 11.8 Å². The van der Waals surface area contributed by atoms with Crippen molar-refractivity contribution in [1.82, 2.24) is 9.78 Å². The number of alkyl halides is 4. The highest BCUT2D eigenvalue weighted by molar-refractivity contribution is 5.28. The van der Waals surface area contributed by atoms with Crippen molar-refractivity contribution in [3.63, 3.8) is 0 Å². The van der Waals surface area contributed by atoms with Crippen LogP contribution in [0.2, 0.25) is 0 Å². The number of aromatic nitrogens is 2. The van der Waals surface area contributed by atoms with Gasteiger partial charge in [0.2, 0.25) is 0 Å². The predicted octanol–water partition coefficient (Wildman–Crippen LogP) is 1.67. The topological polar surface area (TPSA) is 43.8 Å². The number of halogens is 4. The maximum Gasteiger partial charge on any atom is 0.326 e. The third-order valence-electron chi connectivity index (χ3n) is 1.68. The number of nitrogens with two attached hydrogens (primary N) is 1. The Bertz CT molecular complexity index is 321. The molecule has 0 bridgehead atoms. The Labute approximate surface area is 77.5 Å². The van der Waals surface area contributed by atoms with Crippen LogP contribution in [0.15, 0.2) is 6.07 Å². The summed E-state index contributed by atoms with van der Waals surface area (Å²) in [5.74, 6) is -4.05. The lowest BCUT2D eigenvalue weighted by atomic mass is 10.3. The van der Waals surface area contributed by atoms with E-state index < -0.39 is 18.9 Å². The smallest absolute Gasteiger partial charge is 0.326 e. The first kappa shape index (κ1) is 10.8. The van der Waals surface area contributed by atoms with Crippen molar-refractivity contribution in [2.24, 2.45) is 0 Å². The Morgan fingerprint density at radius 2 is 2.14 bits per heavy atom. The van der Waals surface area contributed by atoms with Gasteiger partial charge >= 0.3 is 12.3 Å². The van der Waals surface area contributed by atoms with E-state index in [0.717, 1.165) is 4.68 Å². The second kappa shape index (κ2) is 3.47. The number of nitrogens with zero attached hydrogens (tertiary/aromatic N) is 2. The van der Waals surface area contributed by atoms with Crippen LogP contribution in [0.5, 0.6) is 0 Å². The van der Waals surface area contributed by atoms with Crippen LogP contribution in [0.1, 0.15) is 5.69 Å². The Hall–Kier alpha value is -1.27. The lowest BCUT2D eigenvalue weighted by Crippen LogP contribution is -2.32. The fraction of sp³-hybridized carbons (Fsp3) is 0.571. The van der Waals surface area contributed by atoms with E-state index in [-0.39, 0.29) is 5.82 Å². The molecule has 1 heterocycles. The van der Waals surface area contributed by atoms with Gasteiger partial charge in [-0.25, -0.2) is 8.78 Å². The summed E-state index contributed by atoms with van der Waals surface area (Å²) in [4.78, 5) is 0. The molecule has 0 saturated carbocycles. The molecule has 0 saturated heterocycles. The summed E-state index contributed by atoms with van der Waals surface area (Å²) in [5, 5.41) is 3.46. The average Bonchev–Trinajstić information content (AvgIpc) is 2.29. The molecule has 0 amide bonds. The van der Waals surface area contributed by atoms with Gasteiger partial charge in [-0.3, -0.25) is 4.68 Å². The Morgan fingerprint density at radius 3 is 2.50 bits per heavy atom. The van der Waals surface area contributed by atoms with Crippen LogP contribution in [-0.4, -0.2) is 22.1 Å². The third-order valence-corrected chi connectivity index (χ3v) is 1.68. The van der Waals surface area contributed by atoms with Crippen molar-refractivity contribution < 1.29 is 17.6 Å². The number of anilines is 1. The molecule has 0 unspecified atom stereocenters. The van der Waals surface area contributed by atoms with Crippen molar-refractivity contribution in [2.45, 2.75) is 25.8 Å². The molecular formula is C7H9F4N3. The Kier molecular flexibility index (Phi) is 2.68. The van der Waals surface area contributed by atoms with E-state index in [4.69, 9.17) is 5.73 Å². The van der Waals surface area contributed by atoms with Crippen LogP contribution < -0.4 is 5.73 Å². The molecule has 0 aliphatic carbocycles. The molecule has 1 aromatic rings. The van der Waals surface area contributed by atoms with Crippen LogP contribution in [0.4, 0.5) is 23.4 Å². The first-order chi connectivity index (χ1) is 6.33. The second-order valence-electron chi connectivity index (χ2n) is 2.93. The van der Waals surface area contributed by atoms with Crippen molar-refractivity contribution in [1.29, 1.82) is 0 Å². The van der Waals surface area contributed by atoms with E-state index >= 15 is 0 Å². The second-order valence-corrected chi connectivity index (χ2v) is 2.93. The zero-order valence-electron chi connectivity index (χ0n) is 7.35. The van der Waals surface area contributed by atoms with E-state index in [9.17, 15) is 17.6 Å². The Balaban J connectivity index is 2.83. The molecule has 14 heavy (non-hydrogen) atoms. The number of aryl methyl sites for hydroxylation is 1. The van der Waals surface area contributed by atoms with Gasteiger partial charge in [-0.15, -0.1) is 0 Å². The summed E-state index contributed by atoms with van der Waals surface area (Å²) in [6, 6.07) is 1.33. The average molecular weight is 211 g/mol. The van der Waals surface area contributed by atoms with E-state index in [2.05, 4.69) is 5.10 Å². The number of hydrogen-bond donors (Lipinski definition) is 1. The van der Waals surface area contributed by atoms with Gasteiger partial charge in [0.05, 0.1) is 0 Å². The molecule has 0 aliphatic heterocycles. The summed E-state index contributed by atoms with van der Waals surface area (Å²) in [7, 11) is 0. The van der Waals surface area contributed by atoms with Gasteiger partial charge in [0.15, 0.2) is 0 Å². The normalized spacial score (nSPS) is 12.4. The van der Waals surface area contributed by atoms with E-state index in [1.165, 1.54) is 13.0 Å².